The van der Waals surface area contributed by atoms with Crippen LogP contribution in [0.5, 0.6) is 0 Å². The molecule has 1 N–H and O–H groups in total. The molecule has 0 aliphatic heterocycles. The van der Waals surface area contributed by atoms with Crippen LogP contribution in [0.1, 0.15) is 33.5 Å². The van der Waals surface area contributed by atoms with Crippen LogP contribution < -0.4 is 5.32 Å². The van der Waals surface area contributed by atoms with Crippen molar-refractivity contribution in [1.82, 2.24) is 20.1 Å². The molecule has 0 fully saturated rings. The first-order valence-corrected chi connectivity index (χ1v) is 11.1. The monoisotopic (exact) mass is 473 g/mol. The number of nitro groups is 1. The number of benzene rings is 2. The molecule has 166 valence electrons. The Morgan fingerprint density at radius 2 is 1.91 bits per heavy atom. The lowest BCUT2D eigenvalue weighted by molar-refractivity contribution is -0.384. The van der Waals surface area contributed by atoms with Crippen molar-refractivity contribution in [2.45, 2.75) is 25.0 Å². The van der Waals surface area contributed by atoms with E-state index in [2.05, 4.69) is 15.5 Å². The van der Waals surface area contributed by atoms with Gasteiger partial charge in [-0.3, -0.25) is 19.7 Å². The molecule has 0 atom stereocenters. The van der Waals surface area contributed by atoms with Crippen LogP contribution in [0.2, 0.25) is 5.02 Å². The molecule has 0 radical (unpaired) electrons. The molecule has 1 aromatic heterocycles. The van der Waals surface area contributed by atoms with Gasteiger partial charge in [0.2, 0.25) is 0 Å². The number of amides is 1. The number of nitrogens with zero attached hydrogens (tertiary/aromatic N) is 4. The summed E-state index contributed by atoms with van der Waals surface area (Å²) in [5.41, 5.74) is 0.669. The normalized spacial score (nSPS) is 10.7. The largest absolute Gasteiger partial charge is 0.352 e. The molecule has 0 unspecified atom stereocenters. The molecule has 9 nitrogen and oxygen atoms in total. The summed E-state index contributed by atoms with van der Waals surface area (Å²) in [5.74, 6) is 0.323. The fraction of sp³-hybridized carbons (Fsp3) is 0.238. The number of aromatic nitrogens is 3. The van der Waals surface area contributed by atoms with E-state index in [4.69, 9.17) is 11.6 Å². The van der Waals surface area contributed by atoms with Crippen molar-refractivity contribution in [3.05, 3.63) is 80.6 Å². The quantitative estimate of drug-likeness (QED) is 0.206. The zero-order chi connectivity index (χ0) is 23.1. The highest BCUT2D eigenvalue weighted by Crippen LogP contribution is 2.20. The zero-order valence-electron chi connectivity index (χ0n) is 17.2. The van der Waals surface area contributed by atoms with Crippen LogP contribution in [0.3, 0.4) is 0 Å². The third-order valence-electron chi connectivity index (χ3n) is 4.56. The lowest BCUT2D eigenvalue weighted by Crippen LogP contribution is -2.26. The van der Waals surface area contributed by atoms with Crippen molar-refractivity contribution in [3.63, 3.8) is 0 Å². The highest BCUT2D eigenvalue weighted by molar-refractivity contribution is 7.99. The minimum Gasteiger partial charge on any atom is -0.352 e. The van der Waals surface area contributed by atoms with Crippen LogP contribution >= 0.6 is 23.4 Å². The van der Waals surface area contributed by atoms with Gasteiger partial charge in [0.1, 0.15) is 5.82 Å². The zero-order valence-corrected chi connectivity index (χ0v) is 18.7. The Labute approximate surface area is 193 Å². The number of nitro benzene ring substituents is 1. The lowest BCUT2D eigenvalue weighted by atomic mass is 10.1. The smallest absolute Gasteiger partial charge is 0.270 e. The first kappa shape index (κ1) is 23.4. The SMILES string of the molecule is CCn1c(CCNC(=O)c2ccc(Cl)cc2)nnc1SCC(=O)c1cccc([N+](=O)[O-])c1. The first-order chi connectivity index (χ1) is 15.4. The Bertz CT molecular complexity index is 1130. The van der Waals surface area contributed by atoms with Gasteiger partial charge in [0.05, 0.1) is 10.7 Å². The van der Waals surface area contributed by atoms with Gasteiger partial charge in [-0.1, -0.05) is 35.5 Å². The summed E-state index contributed by atoms with van der Waals surface area (Å²) in [4.78, 5) is 35.0. The molecule has 1 amide bonds. The van der Waals surface area contributed by atoms with E-state index in [1.54, 1.807) is 30.3 Å². The Hall–Kier alpha value is -3.24. The molecular formula is C21H20ClN5O4S. The van der Waals surface area contributed by atoms with Gasteiger partial charge in [0, 0.05) is 47.8 Å². The van der Waals surface area contributed by atoms with Gasteiger partial charge in [-0.15, -0.1) is 10.2 Å². The fourth-order valence-corrected chi connectivity index (χ4v) is 3.97. The molecule has 0 spiro atoms. The molecule has 0 aliphatic carbocycles. The number of Topliss-reactive ketones (excluding diaryl/α,β-unsaturated/α-hetero) is 1. The van der Waals surface area contributed by atoms with E-state index in [1.165, 1.54) is 30.0 Å². The summed E-state index contributed by atoms with van der Waals surface area (Å²) in [6.45, 7) is 2.91. The molecule has 3 aromatic rings. The molecule has 32 heavy (non-hydrogen) atoms. The van der Waals surface area contributed by atoms with E-state index in [0.717, 1.165) is 0 Å². The maximum absolute atomic E-state index is 12.4. The molecule has 0 saturated carbocycles. The Kier molecular flexibility index (Phi) is 7.96. The summed E-state index contributed by atoms with van der Waals surface area (Å²) >= 11 is 7.05. The first-order valence-electron chi connectivity index (χ1n) is 9.75. The third-order valence-corrected chi connectivity index (χ3v) is 5.78. The van der Waals surface area contributed by atoms with E-state index in [0.29, 0.717) is 41.1 Å². The van der Waals surface area contributed by atoms with Crippen LogP contribution in [-0.2, 0) is 13.0 Å². The van der Waals surface area contributed by atoms with Gasteiger partial charge in [-0.25, -0.2) is 0 Å². The maximum atomic E-state index is 12.4. The summed E-state index contributed by atoms with van der Waals surface area (Å²) in [6, 6.07) is 12.3. The van der Waals surface area contributed by atoms with E-state index >= 15 is 0 Å². The standard InChI is InChI=1S/C21H20ClN5O4S/c1-2-26-19(10-11-23-20(29)14-6-8-16(22)9-7-14)24-25-21(26)32-13-18(28)15-4-3-5-17(12-15)27(30)31/h3-9,12H,2,10-11,13H2,1H3,(H,23,29). The van der Waals surface area contributed by atoms with Crippen molar-refractivity contribution in [2.75, 3.05) is 12.3 Å². The van der Waals surface area contributed by atoms with Gasteiger partial charge < -0.3 is 9.88 Å². The number of ketones is 1. The summed E-state index contributed by atoms with van der Waals surface area (Å²) < 4.78 is 1.87. The average molecular weight is 474 g/mol. The van der Waals surface area contributed by atoms with E-state index in [1.807, 2.05) is 11.5 Å². The molecule has 0 aliphatic rings. The van der Waals surface area contributed by atoms with E-state index < -0.39 is 4.92 Å². The fourth-order valence-electron chi connectivity index (χ4n) is 2.93. The van der Waals surface area contributed by atoms with Gasteiger partial charge >= 0.3 is 0 Å². The molecule has 0 saturated heterocycles. The van der Waals surface area contributed by atoms with Crippen molar-refractivity contribution < 1.29 is 14.5 Å². The van der Waals surface area contributed by atoms with Crippen molar-refractivity contribution >= 4 is 40.7 Å². The Balaban J connectivity index is 1.56. The molecular weight excluding hydrogens is 454 g/mol. The van der Waals surface area contributed by atoms with Gasteiger partial charge in [0.25, 0.3) is 11.6 Å². The van der Waals surface area contributed by atoms with Gasteiger partial charge in [-0.05, 0) is 31.2 Å². The van der Waals surface area contributed by atoms with Crippen LogP contribution in [0.25, 0.3) is 0 Å². The molecule has 2 aromatic carbocycles. The maximum Gasteiger partial charge on any atom is 0.270 e. The lowest BCUT2D eigenvalue weighted by Gasteiger charge is -2.08. The number of nitrogens with one attached hydrogen (secondary N) is 1. The minimum absolute atomic E-state index is 0.0760. The van der Waals surface area contributed by atoms with Crippen molar-refractivity contribution in [3.8, 4) is 0 Å². The number of halogens is 1. The summed E-state index contributed by atoms with van der Waals surface area (Å²) in [6.07, 6.45) is 0.472. The average Bonchev–Trinajstić information content (AvgIpc) is 3.19. The molecule has 11 heteroatoms. The number of hydrogen-bond donors (Lipinski definition) is 1. The van der Waals surface area contributed by atoms with Crippen LogP contribution in [0.4, 0.5) is 5.69 Å². The van der Waals surface area contributed by atoms with Gasteiger partial charge in [-0.2, -0.15) is 0 Å². The minimum atomic E-state index is -0.532. The molecule has 1 heterocycles. The second-order valence-electron chi connectivity index (χ2n) is 6.68. The summed E-state index contributed by atoms with van der Waals surface area (Å²) in [7, 11) is 0. The second kappa shape index (κ2) is 10.9. The Morgan fingerprint density at radius 3 is 2.59 bits per heavy atom. The predicted octanol–water partition coefficient (Wildman–Crippen LogP) is 3.81. The highest BCUT2D eigenvalue weighted by Gasteiger charge is 2.16. The second-order valence-corrected chi connectivity index (χ2v) is 8.05. The number of non-ortho nitro benzene ring substituents is 1. The topological polar surface area (TPSA) is 120 Å². The summed E-state index contributed by atoms with van der Waals surface area (Å²) in [5, 5.41) is 23.2. The molecule has 3 rings (SSSR count). The van der Waals surface area contributed by atoms with Crippen molar-refractivity contribution in [2.24, 2.45) is 0 Å². The predicted molar refractivity (Wildman–Crippen MR) is 121 cm³/mol. The molecule has 0 bridgehead atoms. The van der Waals surface area contributed by atoms with Crippen LogP contribution in [-0.4, -0.2) is 43.7 Å². The number of carbonyl (C=O) groups excluding carboxylic acids is 2. The van der Waals surface area contributed by atoms with E-state index in [9.17, 15) is 19.7 Å². The van der Waals surface area contributed by atoms with Crippen molar-refractivity contribution in [1.29, 1.82) is 0 Å². The van der Waals surface area contributed by atoms with E-state index in [-0.39, 0.29) is 28.7 Å². The number of carbonyl (C=O) groups is 2. The van der Waals surface area contributed by atoms with Crippen LogP contribution in [0.15, 0.2) is 53.7 Å². The number of rotatable bonds is 10. The highest BCUT2D eigenvalue weighted by atomic mass is 35.5. The number of hydrogen-bond acceptors (Lipinski definition) is 7. The Morgan fingerprint density at radius 1 is 1.16 bits per heavy atom. The van der Waals surface area contributed by atoms with Gasteiger partial charge in [0.15, 0.2) is 10.9 Å². The number of thioether (sulfide) groups is 1. The third kappa shape index (κ3) is 5.92. The van der Waals surface area contributed by atoms with Crippen LogP contribution in [0, 0.1) is 10.1 Å².